The van der Waals surface area contributed by atoms with Gasteiger partial charge in [-0.05, 0) is 48.7 Å². The summed E-state index contributed by atoms with van der Waals surface area (Å²) in [4.78, 5) is 25.9. The number of sulfonamides is 1. The summed E-state index contributed by atoms with van der Waals surface area (Å²) >= 11 is 0. The Labute approximate surface area is 195 Å². The molecule has 1 aliphatic rings. The number of nitrogens with one attached hydrogen (secondary N) is 1. The molecule has 0 aliphatic carbocycles. The van der Waals surface area contributed by atoms with Crippen molar-refractivity contribution in [2.75, 3.05) is 6.54 Å². The van der Waals surface area contributed by atoms with Crippen LogP contribution in [0, 0.1) is 0 Å². The fourth-order valence-corrected chi connectivity index (χ4v) is 5.59. The van der Waals surface area contributed by atoms with Gasteiger partial charge in [-0.1, -0.05) is 36.4 Å². The van der Waals surface area contributed by atoms with Crippen molar-refractivity contribution in [1.82, 2.24) is 9.62 Å². The van der Waals surface area contributed by atoms with E-state index in [1.165, 1.54) is 12.1 Å². The van der Waals surface area contributed by atoms with Crippen molar-refractivity contribution < 1.29 is 27.5 Å². The predicted octanol–water partition coefficient (Wildman–Crippen LogP) is 3.75. The number of carboxylic acid groups (broad SMARTS) is 1. The maximum atomic E-state index is 13.0. The molecule has 4 aromatic rings. The van der Waals surface area contributed by atoms with Crippen LogP contribution < -0.4 is 4.72 Å². The van der Waals surface area contributed by atoms with E-state index in [0.717, 1.165) is 10.9 Å². The van der Waals surface area contributed by atoms with Crippen LogP contribution in [-0.4, -0.2) is 42.9 Å². The van der Waals surface area contributed by atoms with E-state index in [-0.39, 0.29) is 17.2 Å². The van der Waals surface area contributed by atoms with E-state index < -0.39 is 22.0 Å². The maximum Gasteiger partial charge on any atom is 0.321 e. The molecule has 5 rings (SSSR count). The Bertz CT molecular complexity index is 1530. The minimum absolute atomic E-state index is 0.0389. The third-order valence-electron chi connectivity index (χ3n) is 6.07. The highest BCUT2D eigenvalue weighted by atomic mass is 32.2. The molecule has 34 heavy (non-hydrogen) atoms. The molecule has 1 aromatic heterocycles. The molecule has 1 atom stereocenters. The zero-order chi connectivity index (χ0) is 23.9. The molecule has 0 fully saturated rings. The Balaban J connectivity index is 1.29. The van der Waals surface area contributed by atoms with Gasteiger partial charge in [0.25, 0.3) is 5.91 Å². The van der Waals surface area contributed by atoms with Crippen LogP contribution in [0.3, 0.4) is 0 Å². The van der Waals surface area contributed by atoms with Crippen molar-refractivity contribution in [1.29, 1.82) is 0 Å². The van der Waals surface area contributed by atoms with Crippen molar-refractivity contribution in [2.24, 2.45) is 0 Å². The van der Waals surface area contributed by atoms with Gasteiger partial charge >= 0.3 is 5.97 Å². The van der Waals surface area contributed by atoms with Crippen molar-refractivity contribution in [3.63, 3.8) is 0 Å². The normalized spacial score (nSPS) is 14.6. The number of hydrogen-bond acceptors (Lipinski definition) is 5. The number of para-hydroxylation sites is 1. The van der Waals surface area contributed by atoms with Crippen LogP contribution in [0.15, 0.2) is 76.0 Å². The summed E-state index contributed by atoms with van der Waals surface area (Å²) in [7, 11) is -4.10. The van der Waals surface area contributed by atoms with E-state index in [2.05, 4.69) is 4.72 Å². The molecule has 2 N–H and O–H groups in total. The number of amides is 1. The van der Waals surface area contributed by atoms with Crippen molar-refractivity contribution in [2.45, 2.75) is 30.3 Å². The molecular weight excluding hydrogens is 456 g/mol. The highest BCUT2D eigenvalue weighted by Crippen LogP contribution is 2.30. The Morgan fingerprint density at radius 3 is 2.56 bits per heavy atom. The molecule has 8 nitrogen and oxygen atoms in total. The topological polar surface area (TPSA) is 117 Å². The molecule has 2 heterocycles. The number of fused-ring (bicyclic) bond motifs is 4. The number of benzene rings is 3. The molecule has 1 aliphatic heterocycles. The second-order valence-corrected chi connectivity index (χ2v) is 10.0. The molecule has 0 spiro atoms. The van der Waals surface area contributed by atoms with Gasteiger partial charge in [0.2, 0.25) is 10.0 Å². The average molecular weight is 479 g/mol. The van der Waals surface area contributed by atoms with Gasteiger partial charge in [-0.3, -0.25) is 9.59 Å². The van der Waals surface area contributed by atoms with E-state index in [1.807, 2.05) is 30.3 Å². The van der Waals surface area contributed by atoms with Gasteiger partial charge in [-0.2, -0.15) is 4.72 Å². The summed E-state index contributed by atoms with van der Waals surface area (Å²) in [6.07, 6.45) is 0.385. The summed E-state index contributed by atoms with van der Waals surface area (Å²) in [5, 5.41) is 11.0. The minimum Gasteiger partial charge on any atom is -0.480 e. The first-order valence-corrected chi connectivity index (χ1v) is 12.4. The number of carboxylic acids is 1. The lowest BCUT2D eigenvalue weighted by atomic mass is 10.1. The van der Waals surface area contributed by atoms with Gasteiger partial charge in [0.15, 0.2) is 0 Å². The summed E-state index contributed by atoms with van der Waals surface area (Å²) < 4.78 is 34.0. The fraction of sp³-hybridized carbons (Fsp3) is 0.200. The van der Waals surface area contributed by atoms with Crippen LogP contribution in [-0.2, 0) is 21.4 Å². The fourth-order valence-electron chi connectivity index (χ4n) is 4.34. The number of aliphatic carboxylic acids is 1. The Morgan fingerprint density at radius 2 is 1.76 bits per heavy atom. The van der Waals surface area contributed by atoms with Crippen molar-refractivity contribution in [3.05, 3.63) is 77.9 Å². The molecule has 174 valence electrons. The zero-order valence-electron chi connectivity index (χ0n) is 18.1. The highest BCUT2D eigenvalue weighted by Gasteiger charge is 2.29. The third-order valence-corrected chi connectivity index (χ3v) is 7.54. The molecule has 0 bridgehead atoms. The lowest BCUT2D eigenvalue weighted by Crippen LogP contribution is -2.41. The molecule has 1 amide bonds. The zero-order valence-corrected chi connectivity index (χ0v) is 18.9. The standard InChI is InChI=1S/C25H22N2O6S/c28-24-18-7-2-1-6-16(18)15-27(24)13-5-9-21(25(29)30)26-34(31,32)17-11-12-23-20(14-17)19-8-3-4-10-22(19)33-23/h1-4,6-8,10-12,14,21,26H,5,9,13,15H2,(H,29,30). The van der Waals surface area contributed by atoms with Gasteiger partial charge in [0.05, 0.1) is 4.90 Å². The smallest absolute Gasteiger partial charge is 0.321 e. The van der Waals surface area contributed by atoms with E-state index in [4.69, 9.17) is 4.42 Å². The van der Waals surface area contributed by atoms with Gasteiger partial charge in [-0.25, -0.2) is 8.42 Å². The van der Waals surface area contributed by atoms with E-state index in [1.54, 1.807) is 29.2 Å². The van der Waals surface area contributed by atoms with Crippen LogP contribution in [0.2, 0.25) is 0 Å². The number of hydrogen-bond donors (Lipinski definition) is 2. The predicted molar refractivity (Wildman–Crippen MR) is 126 cm³/mol. The van der Waals surface area contributed by atoms with Gasteiger partial charge in [0.1, 0.15) is 17.2 Å². The van der Waals surface area contributed by atoms with Crippen LogP contribution in [0.25, 0.3) is 21.9 Å². The first-order chi connectivity index (χ1) is 16.3. The van der Waals surface area contributed by atoms with Gasteiger partial charge < -0.3 is 14.4 Å². The Morgan fingerprint density at radius 1 is 1.03 bits per heavy atom. The van der Waals surface area contributed by atoms with E-state index >= 15 is 0 Å². The molecule has 0 saturated carbocycles. The second kappa shape index (κ2) is 8.58. The second-order valence-electron chi connectivity index (χ2n) is 8.29. The first kappa shape index (κ1) is 22.1. The SMILES string of the molecule is O=C(O)C(CCCN1Cc2ccccc2C1=O)NS(=O)(=O)c1ccc2oc3ccccc3c2c1. The van der Waals surface area contributed by atoms with Crippen LogP contribution >= 0.6 is 0 Å². The summed E-state index contributed by atoms with van der Waals surface area (Å²) in [5.74, 6) is -1.36. The molecule has 1 unspecified atom stereocenters. The maximum absolute atomic E-state index is 13.0. The lowest BCUT2D eigenvalue weighted by Gasteiger charge is -2.18. The number of carbonyl (C=O) groups is 2. The molecule has 9 heteroatoms. The van der Waals surface area contributed by atoms with E-state index in [0.29, 0.717) is 41.6 Å². The molecule has 0 saturated heterocycles. The molecule has 3 aromatic carbocycles. The lowest BCUT2D eigenvalue weighted by molar-refractivity contribution is -0.139. The average Bonchev–Trinajstić information content (AvgIpc) is 3.35. The summed E-state index contributed by atoms with van der Waals surface area (Å²) in [6.45, 7) is 0.809. The largest absolute Gasteiger partial charge is 0.480 e. The Kier molecular flexibility index (Phi) is 5.59. The number of furan rings is 1. The third kappa shape index (κ3) is 4.04. The summed E-state index contributed by atoms with van der Waals surface area (Å²) in [5.41, 5.74) is 2.78. The number of rotatable bonds is 8. The summed E-state index contributed by atoms with van der Waals surface area (Å²) in [6, 6.07) is 17.8. The molecule has 0 radical (unpaired) electrons. The van der Waals surface area contributed by atoms with Gasteiger partial charge in [-0.15, -0.1) is 0 Å². The van der Waals surface area contributed by atoms with Crippen molar-refractivity contribution in [3.8, 4) is 0 Å². The van der Waals surface area contributed by atoms with Crippen molar-refractivity contribution >= 4 is 43.8 Å². The van der Waals surface area contributed by atoms with Gasteiger partial charge in [0, 0.05) is 29.4 Å². The Hall–Kier alpha value is -3.69. The highest BCUT2D eigenvalue weighted by molar-refractivity contribution is 7.89. The number of nitrogens with zero attached hydrogens (tertiary/aromatic N) is 1. The van der Waals surface area contributed by atoms with Crippen LogP contribution in [0.4, 0.5) is 0 Å². The number of carbonyl (C=O) groups excluding carboxylic acids is 1. The minimum atomic E-state index is -4.10. The first-order valence-electron chi connectivity index (χ1n) is 10.9. The van der Waals surface area contributed by atoms with Crippen LogP contribution in [0.5, 0.6) is 0 Å². The van der Waals surface area contributed by atoms with E-state index in [9.17, 15) is 23.1 Å². The van der Waals surface area contributed by atoms with Crippen LogP contribution in [0.1, 0.15) is 28.8 Å². The quantitative estimate of drug-likeness (QED) is 0.398. The monoisotopic (exact) mass is 478 g/mol. The molecular formula is C25H22N2O6S.